The van der Waals surface area contributed by atoms with Crippen molar-refractivity contribution in [2.45, 2.75) is 24.0 Å². The third-order valence-electron chi connectivity index (χ3n) is 3.12. The molecule has 2 heterocycles. The first-order chi connectivity index (χ1) is 9.21. The Morgan fingerprint density at radius 1 is 1.60 bits per heavy atom. The summed E-state index contributed by atoms with van der Waals surface area (Å²) in [6.45, 7) is 1.73. The maximum atomic E-state index is 11.9. The summed E-state index contributed by atoms with van der Waals surface area (Å²) in [6.07, 6.45) is 0.423. The van der Waals surface area contributed by atoms with Gasteiger partial charge in [-0.1, -0.05) is 11.8 Å². The molecule has 2 N–H and O–H groups in total. The molecule has 112 valence electrons. The molecule has 1 atom stereocenters. The van der Waals surface area contributed by atoms with Crippen LogP contribution in [-0.2, 0) is 21.7 Å². The van der Waals surface area contributed by atoms with Crippen LogP contribution in [0.5, 0.6) is 0 Å². The average molecular weight is 320 g/mol. The van der Waals surface area contributed by atoms with Crippen molar-refractivity contribution in [2.75, 3.05) is 17.3 Å². The summed E-state index contributed by atoms with van der Waals surface area (Å²) in [7, 11) is -1.50. The lowest BCUT2D eigenvalue weighted by Crippen LogP contribution is -2.47. The van der Waals surface area contributed by atoms with Crippen molar-refractivity contribution < 1.29 is 13.2 Å². The van der Waals surface area contributed by atoms with Crippen LogP contribution in [0.25, 0.3) is 0 Å². The molecule has 1 aliphatic heterocycles. The van der Waals surface area contributed by atoms with Crippen LogP contribution < -0.4 is 11.0 Å². The average Bonchev–Trinajstić information content (AvgIpc) is 2.78. The van der Waals surface area contributed by atoms with Gasteiger partial charge in [0.05, 0.1) is 22.8 Å². The van der Waals surface area contributed by atoms with Crippen molar-refractivity contribution in [3.8, 4) is 0 Å². The predicted molar refractivity (Wildman–Crippen MR) is 74.4 cm³/mol. The molecular weight excluding hydrogens is 304 g/mol. The summed E-state index contributed by atoms with van der Waals surface area (Å²) < 4.78 is 24.2. The first kappa shape index (κ1) is 15.1. The second-order valence-corrected chi connectivity index (χ2v) is 8.24. The number of nitrogens with one attached hydrogen (secondary N) is 2. The summed E-state index contributed by atoms with van der Waals surface area (Å²) in [5.74, 6) is -0.124. The molecule has 10 heteroatoms. The molecule has 0 aromatic carbocycles. The Bertz CT molecular complexity index is 678. The Morgan fingerprint density at radius 2 is 2.30 bits per heavy atom. The zero-order chi connectivity index (χ0) is 15.0. The van der Waals surface area contributed by atoms with Crippen molar-refractivity contribution in [1.82, 2.24) is 20.1 Å². The lowest BCUT2D eigenvalue weighted by molar-refractivity contribution is -0.120. The Kier molecular flexibility index (Phi) is 3.96. The van der Waals surface area contributed by atoms with Gasteiger partial charge >= 0.3 is 5.69 Å². The normalized spacial score (nSPS) is 24.7. The molecule has 1 aromatic heterocycles. The number of amides is 1. The van der Waals surface area contributed by atoms with Gasteiger partial charge < -0.3 is 5.32 Å². The Labute approximate surface area is 120 Å². The number of sulfone groups is 1. The highest BCUT2D eigenvalue weighted by atomic mass is 32.2. The van der Waals surface area contributed by atoms with E-state index in [9.17, 15) is 18.0 Å². The smallest absolute Gasteiger partial charge is 0.343 e. The maximum Gasteiger partial charge on any atom is 0.343 e. The van der Waals surface area contributed by atoms with Gasteiger partial charge in [0, 0.05) is 7.05 Å². The third-order valence-corrected chi connectivity index (χ3v) is 6.05. The summed E-state index contributed by atoms with van der Waals surface area (Å²) in [5.41, 5.74) is -1.05. The number of H-pyrrole nitrogens is 1. The number of nitrogens with zero attached hydrogens (tertiary/aromatic N) is 2. The standard InChI is InChI=1S/C10H16N4O4S2/c1-10(3-4-20(17,18)6-10)11-7(15)5-19-9-13-12-8(16)14(9)2/h3-6H2,1-2H3,(H,11,15)(H,12,16)/t10-/m0/s1. The monoisotopic (exact) mass is 320 g/mol. The van der Waals surface area contributed by atoms with Crippen molar-refractivity contribution in [1.29, 1.82) is 0 Å². The predicted octanol–water partition coefficient (Wildman–Crippen LogP) is -1.11. The van der Waals surface area contributed by atoms with E-state index in [-0.39, 0.29) is 28.9 Å². The first-order valence-electron chi connectivity index (χ1n) is 5.96. The van der Waals surface area contributed by atoms with Gasteiger partial charge in [-0.05, 0) is 13.3 Å². The van der Waals surface area contributed by atoms with Crippen molar-refractivity contribution >= 4 is 27.5 Å². The fourth-order valence-corrected chi connectivity index (χ4v) is 4.89. The Hall–Kier alpha value is -1.29. The van der Waals surface area contributed by atoms with E-state index in [2.05, 4.69) is 15.5 Å². The summed E-state index contributed by atoms with van der Waals surface area (Å²) in [5, 5.41) is 9.20. The summed E-state index contributed by atoms with van der Waals surface area (Å²) >= 11 is 1.12. The van der Waals surface area contributed by atoms with Gasteiger partial charge in [0.1, 0.15) is 0 Å². The van der Waals surface area contributed by atoms with Gasteiger partial charge in [0.25, 0.3) is 0 Å². The fourth-order valence-electron chi connectivity index (χ4n) is 2.07. The number of aromatic nitrogens is 3. The van der Waals surface area contributed by atoms with Crippen molar-refractivity contribution in [3.05, 3.63) is 10.5 Å². The van der Waals surface area contributed by atoms with Gasteiger partial charge in [0.15, 0.2) is 15.0 Å². The van der Waals surface area contributed by atoms with Crippen LogP contribution in [0.1, 0.15) is 13.3 Å². The second kappa shape index (κ2) is 5.24. The lowest BCUT2D eigenvalue weighted by Gasteiger charge is -2.23. The number of hydrogen-bond acceptors (Lipinski definition) is 6. The van der Waals surface area contributed by atoms with Crippen molar-refractivity contribution in [2.24, 2.45) is 7.05 Å². The molecule has 1 saturated heterocycles. The molecule has 0 radical (unpaired) electrons. The summed E-state index contributed by atoms with van der Waals surface area (Å²) in [6, 6.07) is 0. The van der Waals surface area contributed by atoms with E-state index in [0.29, 0.717) is 11.6 Å². The zero-order valence-electron chi connectivity index (χ0n) is 11.2. The largest absolute Gasteiger partial charge is 0.349 e. The lowest BCUT2D eigenvalue weighted by atomic mass is 10.0. The number of hydrogen-bond donors (Lipinski definition) is 2. The third kappa shape index (κ3) is 3.42. The minimum absolute atomic E-state index is 0.0305. The van der Waals surface area contributed by atoms with Crippen LogP contribution >= 0.6 is 11.8 Å². The van der Waals surface area contributed by atoms with Gasteiger partial charge in [-0.2, -0.15) is 0 Å². The fraction of sp³-hybridized carbons (Fsp3) is 0.700. The van der Waals surface area contributed by atoms with Crippen LogP contribution in [0, 0.1) is 0 Å². The highest BCUT2D eigenvalue weighted by Crippen LogP contribution is 2.23. The minimum Gasteiger partial charge on any atom is -0.349 e. The number of carbonyl (C=O) groups excluding carboxylic acids is 1. The highest BCUT2D eigenvalue weighted by molar-refractivity contribution is 7.99. The van der Waals surface area contributed by atoms with Crippen LogP contribution in [0.2, 0.25) is 0 Å². The molecule has 20 heavy (non-hydrogen) atoms. The van der Waals surface area contributed by atoms with E-state index >= 15 is 0 Å². The second-order valence-electron chi connectivity index (χ2n) is 5.11. The number of thioether (sulfide) groups is 1. The molecule has 1 aromatic rings. The van der Waals surface area contributed by atoms with Crippen LogP contribution in [-0.4, -0.2) is 51.9 Å². The van der Waals surface area contributed by atoms with Crippen molar-refractivity contribution in [3.63, 3.8) is 0 Å². The van der Waals surface area contributed by atoms with E-state index in [1.807, 2.05) is 0 Å². The zero-order valence-corrected chi connectivity index (χ0v) is 12.8. The molecule has 0 aliphatic carbocycles. The molecule has 0 bridgehead atoms. The molecule has 2 rings (SSSR count). The van der Waals surface area contributed by atoms with Gasteiger partial charge in [-0.15, -0.1) is 5.10 Å². The molecule has 0 unspecified atom stereocenters. The quantitative estimate of drug-likeness (QED) is 0.680. The molecule has 0 spiro atoms. The topological polar surface area (TPSA) is 114 Å². The Balaban J connectivity index is 1.90. The minimum atomic E-state index is -3.05. The van der Waals surface area contributed by atoms with Gasteiger partial charge in [0.2, 0.25) is 5.91 Å². The molecule has 1 amide bonds. The Morgan fingerprint density at radius 3 is 2.80 bits per heavy atom. The molecular formula is C10H16N4O4S2. The van der Waals surface area contributed by atoms with E-state index in [4.69, 9.17) is 0 Å². The summed E-state index contributed by atoms with van der Waals surface area (Å²) in [4.78, 5) is 23.0. The van der Waals surface area contributed by atoms with E-state index in [0.717, 1.165) is 11.8 Å². The van der Waals surface area contributed by atoms with E-state index < -0.39 is 15.4 Å². The van der Waals surface area contributed by atoms with E-state index in [1.54, 1.807) is 14.0 Å². The molecule has 1 fully saturated rings. The number of aromatic amines is 1. The van der Waals surface area contributed by atoms with Crippen LogP contribution in [0.15, 0.2) is 9.95 Å². The first-order valence-corrected chi connectivity index (χ1v) is 8.77. The highest BCUT2D eigenvalue weighted by Gasteiger charge is 2.39. The maximum absolute atomic E-state index is 11.9. The van der Waals surface area contributed by atoms with Gasteiger partial charge in [-0.25, -0.2) is 18.3 Å². The van der Waals surface area contributed by atoms with Crippen LogP contribution in [0.4, 0.5) is 0 Å². The van der Waals surface area contributed by atoms with E-state index in [1.165, 1.54) is 4.57 Å². The molecule has 0 saturated carbocycles. The molecule has 1 aliphatic rings. The molecule has 8 nitrogen and oxygen atoms in total. The van der Waals surface area contributed by atoms with Gasteiger partial charge in [-0.3, -0.25) is 9.36 Å². The number of rotatable bonds is 4. The number of carbonyl (C=O) groups is 1. The SMILES string of the molecule is Cn1c(SCC(=O)N[C@@]2(C)CCS(=O)(=O)C2)n[nH]c1=O. The van der Waals surface area contributed by atoms with Crippen LogP contribution in [0.3, 0.4) is 0 Å².